The average molecular weight is 300 g/mol. The number of nitrogens with zero attached hydrogens (tertiary/aromatic N) is 1. The molecule has 1 saturated heterocycles. The van der Waals surface area contributed by atoms with Crippen molar-refractivity contribution in [2.75, 3.05) is 25.7 Å². The Hall–Kier alpha value is -1.80. The van der Waals surface area contributed by atoms with Crippen LogP contribution in [-0.4, -0.2) is 40.3 Å². The van der Waals surface area contributed by atoms with Gasteiger partial charge in [-0.3, -0.25) is 4.79 Å². The molecule has 1 heterocycles. The number of hydrogen-bond donors (Lipinski definition) is 1. The van der Waals surface area contributed by atoms with Crippen LogP contribution in [0.3, 0.4) is 0 Å². The van der Waals surface area contributed by atoms with Crippen LogP contribution < -0.4 is 19.5 Å². The number of ether oxygens (including phenoxy) is 2. The number of amides is 1. The topological polar surface area (TPSA) is 98.9 Å². The predicted octanol–water partition coefficient (Wildman–Crippen LogP) is 0.0976. The average Bonchev–Trinajstić information content (AvgIpc) is 2.79. The van der Waals surface area contributed by atoms with Gasteiger partial charge in [-0.2, -0.15) is 0 Å². The van der Waals surface area contributed by atoms with Gasteiger partial charge in [-0.05, 0) is 12.1 Å². The van der Waals surface area contributed by atoms with Crippen LogP contribution in [0.4, 0.5) is 5.69 Å². The van der Waals surface area contributed by atoms with Gasteiger partial charge in [-0.1, -0.05) is 6.07 Å². The van der Waals surface area contributed by atoms with Gasteiger partial charge in [0.2, 0.25) is 15.9 Å². The van der Waals surface area contributed by atoms with E-state index in [2.05, 4.69) is 0 Å². The van der Waals surface area contributed by atoms with Crippen molar-refractivity contribution in [3.8, 4) is 11.5 Å². The molecule has 8 heteroatoms. The second-order valence-corrected chi connectivity index (χ2v) is 6.28. The minimum atomic E-state index is -3.76. The number of carbonyl (C=O) groups excluding carboxylic acids is 1. The number of anilines is 1. The molecule has 1 atom stereocenters. The zero-order valence-corrected chi connectivity index (χ0v) is 12.0. The van der Waals surface area contributed by atoms with Gasteiger partial charge in [-0.25, -0.2) is 13.6 Å². The predicted molar refractivity (Wildman–Crippen MR) is 73.4 cm³/mol. The van der Waals surface area contributed by atoms with Crippen molar-refractivity contribution in [3.05, 3.63) is 18.2 Å². The Labute approximate surface area is 117 Å². The van der Waals surface area contributed by atoms with Gasteiger partial charge in [-0.15, -0.1) is 0 Å². The van der Waals surface area contributed by atoms with E-state index >= 15 is 0 Å². The molecule has 20 heavy (non-hydrogen) atoms. The first kappa shape index (κ1) is 14.6. The van der Waals surface area contributed by atoms with Gasteiger partial charge in [0.05, 0.1) is 14.2 Å². The minimum absolute atomic E-state index is 0.00556. The van der Waals surface area contributed by atoms with Crippen LogP contribution in [-0.2, 0) is 14.8 Å². The third-order valence-corrected chi connectivity index (χ3v) is 4.47. The van der Waals surface area contributed by atoms with E-state index in [0.29, 0.717) is 17.2 Å². The number of hydrogen-bond acceptors (Lipinski definition) is 5. The highest BCUT2D eigenvalue weighted by Crippen LogP contribution is 2.40. The lowest BCUT2D eigenvalue weighted by molar-refractivity contribution is -0.117. The molecule has 0 saturated carbocycles. The first-order chi connectivity index (χ1) is 9.38. The number of para-hydroxylation sites is 1. The van der Waals surface area contributed by atoms with E-state index in [1.807, 2.05) is 0 Å². The Morgan fingerprint density at radius 3 is 2.20 bits per heavy atom. The molecular weight excluding hydrogens is 284 g/mol. The van der Waals surface area contributed by atoms with Gasteiger partial charge in [0, 0.05) is 13.0 Å². The summed E-state index contributed by atoms with van der Waals surface area (Å²) in [5.41, 5.74) is 0.425. The van der Waals surface area contributed by atoms with Crippen LogP contribution in [0, 0.1) is 0 Å². The van der Waals surface area contributed by atoms with Crippen LogP contribution in [0.5, 0.6) is 11.5 Å². The molecule has 2 N–H and O–H groups in total. The number of carbonyl (C=O) groups is 1. The molecule has 2 rings (SSSR count). The first-order valence-corrected chi connectivity index (χ1v) is 7.52. The maximum absolute atomic E-state index is 12.1. The monoisotopic (exact) mass is 300 g/mol. The Balaban J connectivity index is 2.45. The van der Waals surface area contributed by atoms with E-state index in [1.54, 1.807) is 18.2 Å². The Kier molecular flexibility index (Phi) is 3.87. The summed E-state index contributed by atoms with van der Waals surface area (Å²) in [6.07, 6.45) is -0.139. The standard InChI is InChI=1S/C12H16N2O5S/c1-18-9-4-3-5-10(19-2)12(9)14-7-8(6-11(14)15)20(13,16)17/h3-5,8H,6-7H2,1-2H3,(H2,13,16,17). The van der Waals surface area contributed by atoms with E-state index < -0.39 is 15.3 Å². The smallest absolute Gasteiger partial charge is 0.228 e. The molecule has 0 bridgehead atoms. The molecule has 1 aromatic rings. The van der Waals surface area contributed by atoms with Crippen molar-refractivity contribution in [1.82, 2.24) is 0 Å². The lowest BCUT2D eigenvalue weighted by Gasteiger charge is -2.21. The van der Waals surface area contributed by atoms with Crippen LogP contribution in [0.2, 0.25) is 0 Å². The Morgan fingerprint density at radius 2 is 1.80 bits per heavy atom. The lowest BCUT2D eigenvalue weighted by Crippen LogP contribution is -2.32. The summed E-state index contributed by atoms with van der Waals surface area (Å²) in [5, 5.41) is 4.20. The zero-order valence-electron chi connectivity index (χ0n) is 11.2. The largest absolute Gasteiger partial charge is 0.494 e. The first-order valence-electron chi connectivity index (χ1n) is 5.91. The van der Waals surface area contributed by atoms with Gasteiger partial charge in [0.1, 0.15) is 22.4 Å². The normalized spacial score (nSPS) is 19.2. The number of sulfonamides is 1. The molecule has 1 amide bonds. The molecule has 1 aromatic carbocycles. The lowest BCUT2D eigenvalue weighted by atomic mass is 10.2. The fourth-order valence-corrected chi connectivity index (χ4v) is 2.94. The molecule has 0 aliphatic carbocycles. The van der Waals surface area contributed by atoms with E-state index in [-0.39, 0.29) is 18.9 Å². The van der Waals surface area contributed by atoms with Crippen molar-refractivity contribution in [1.29, 1.82) is 0 Å². The van der Waals surface area contributed by atoms with Gasteiger partial charge in [0.15, 0.2) is 0 Å². The van der Waals surface area contributed by atoms with E-state index in [1.165, 1.54) is 19.1 Å². The number of nitrogens with two attached hydrogens (primary N) is 1. The van der Waals surface area contributed by atoms with Gasteiger partial charge in [0.25, 0.3) is 0 Å². The molecule has 1 aliphatic heterocycles. The van der Waals surface area contributed by atoms with Crippen molar-refractivity contribution in [3.63, 3.8) is 0 Å². The van der Waals surface area contributed by atoms with Gasteiger partial charge >= 0.3 is 0 Å². The van der Waals surface area contributed by atoms with Crippen LogP contribution in [0.1, 0.15) is 6.42 Å². The SMILES string of the molecule is COc1cccc(OC)c1N1CC(S(N)(=O)=O)CC1=O. The molecule has 0 aromatic heterocycles. The summed E-state index contributed by atoms with van der Waals surface area (Å²) in [6, 6.07) is 5.07. The second kappa shape index (κ2) is 5.29. The molecule has 0 spiro atoms. The molecule has 1 fully saturated rings. The van der Waals surface area contributed by atoms with Crippen molar-refractivity contribution < 1.29 is 22.7 Å². The summed E-state index contributed by atoms with van der Waals surface area (Å²) in [7, 11) is -0.823. The van der Waals surface area contributed by atoms with Crippen LogP contribution >= 0.6 is 0 Å². The number of benzene rings is 1. The fraction of sp³-hybridized carbons (Fsp3) is 0.417. The third-order valence-electron chi connectivity index (χ3n) is 3.23. The second-order valence-electron chi connectivity index (χ2n) is 4.43. The molecular formula is C12H16N2O5S. The summed E-state index contributed by atoms with van der Waals surface area (Å²) in [4.78, 5) is 13.4. The number of rotatable bonds is 4. The van der Waals surface area contributed by atoms with E-state index in [4.69, 9.17) is 14.6 Å². The highest BCUT2D eigenvalue weighted by atomic mass is 32.2. The molecule has 7 nitrogen and oxygen atoms in total. The highest BCUT2D eigenvalue weighted by molar-refractivity contribution is 7.89. The summed E-state index contributed by atoms with van der Waals surface area (Å²) < 4.78 is 33.2. The Bertz CT molecular complexity index is 606. The quantitative estimate of drug-likeness (QED) is 0.850. The zero-order chi connectivity index (χ0) is 14.9. The van der Waals surface area contributed by atoms with Crippen molar-refractivity contribution in [2.24, 2.45) is 5.14 Å². The molecule has 0 radical (unpaired) electrons. The van der Waals surface area contributed by atoms with E-state index in [9.17, 15) is 13.2 Å². The molecule has 1 aliphatic rings. The maximum Gasteiger partial charge on any atom is 0.228 e. The van der Waals surface area contributed by atoms with E-state index in [0.717, 1.165) is 0 Å². The fourth-order valence-electron chi connectivity index (χ4n) is 2.21. The third kappa shape index (κ3) is 2.56. The molecule has 110 valence electrons. The number of methoxy groups -OCH3 is 2. The van der Waals surface area contributed by atoms with Crippen LogP contribution in [0.25, 0.3) is 0 Å². The van der Waals surface area contributed by atoms with Crippen molar-refractivity contribution >= 4 is 21.6 Å². The number of primary sulfonamides is 1. The maximum atomic E-state index is 12.1. The van der Waals surface area contributed by atoms with Crippen LogP contribution in [0.15, 0.2) is 18.2 Å². The summed E-state index contributed by atoms with van der Waals surface area (Å²) >= 11 is 0. The summed E-state index contributed by atoms with van der Waals surface area (Å²) in [5.74, 6) is 0.548. The van der Waals surface area contributed by atoms with Crippen molar-refractivity contribution in [2.45, 2.75) is 11.7 Å². The summed E-state index contributed by atoms with van der Waals surface area (Å²) in [6.45, 7) is -0.00556. The minimum Gasteiger partial charge on any atom is -0.494 e. The molecule has 1 unspecified atom stereocenters. The Morgan fingerprint density at radius 1 is 1.25 bits per heavy atom. The van der Waals surface area contributed by atoms with Gasteiger partial charge < -0.3 is 14.4 Å². The highest BCUT2D eigenvalue weighted by Gasteiger charge is 2.39.